The molecule has 0 saturated carbocycles. The molecule has 14 heteroatoms. The number of hydrogen-bond donors (Lipinski definition) is 2. The van der Waals surface area contributed by atoms with Crippen LogP contribution in [-0.4, -0.2) is 63.5 Å². The van der Waals surface area contributed by atoms with Gasteiger partial charge in [-0.25, -0.2) is 8.78 Å². The number of ether oxygens (including phenoxy) is 1. The van der Waals surface area contributed by atoms with Crippen molar-refractivity contribution in [3.63, 3.8) is 0 Å². The first kappa shape index (κ1) is 23.2. The van der Waals surface area contributed by atoms with Crippen LogP contribution in [0.4, 0.5) is 35.0 Å². The lowest BCUT2D eigenvalue weighted by atomic mass is 10.2. The van der Waals surface area contributed by atoms with Crippen LogP contribution in [-0.2, 0) is 0 Å². The molecular weight excluding hydrogens is 460 g/mol. The SMILES string of the molecule is Cc1nnc2c(F)c(Nc3ccc(OC(F)F)cc3F)c(-c3nnc(NCCN(C)C)o3)cn12. The fraction of sp³-hybridized carbons (Fsp3) is 0.300. The van der Waals surface area contributed by atoms with Gasteiger partial charge < -0.3 is 24.7 Å². The molecule has 0 atom stereocenters. The van der Waals surface area contributed by atoms with Crippen molar-refractivity contribution in [3.05, 3.63) is 41.9 Å². The van der Waals surface area contributed by atoms with Gasteiger partial charge in [-0.05, 0) is 33.2 Å². The van der Waals surface area contributed by atoms with Crippen LogP contribution in [0.2, 0.25) is 0 Å². The van der Waals surface area contributed by atoms with E-state index in [1.807, 2.05) is 19.0 Å². The van der Waals surface area contributed by atoms with E-state index in [9.17, 15) is 13.2 Å². The molecule has 3 heterocycles. The first-order valence-electron chi connectivity index (χ1n) is 10.0. The second-order valence-electron chi connectivity index (χ2n) is 7.46. The molecule has 10 nitrogen and oxygen atoms in total. The Labute approximate surface area is 190 Å². The number of nitrogens with one attached hydrogen (secondary N) is 2. The maximum atomic E-state index is 15.5. The van der Waals surface area contributed by atoms with Crippen LogP contribution in [0.25, 0.3) is 17.1 Å². The van der Waals surface area contributed by atoms with Gasteiger partial charge in [0, 0.05) is 25.4 Å². The summed E-state index contributed by atoms with van der Waals surface area (Å²) in [6, 6.07) is 3.13. The topological polar surface area (TPSA) is 106 Å². The van der Waals surface area contributed by atoms with Crippen molar-refractivity contribution in [2.75, 3.05) is 37.8 Å². The molecule has 0 aliphatic rings. The molecule has 0 unspecified atom stereocenters. The standard InChI is InChI=1S/C20H20F4N8O2/c1-10-27-28-17-15(22)16(26-14-5-4-11(8-13(14)21)33-19(23)24)12(9-32(10)17)18-29-30-20(34-18)25-6-7-31(2)3/h4-5,8-9,19,26H,6-7H2,1-3H3,(H,25,30). The van der Waals surface area contributed by atoms with Crippen molar-refractivity contribution >= 4 is 23.0 Å². The number of nitrogens with zero attached hydrogens (tertiary/aromatic N) is 6. The molecule has 34 heavy (non-hydrogen) atoms. The highest BCUT2D eigenvalue weighted by molar-refractivity contribution is 5.80. The second kappa shape index (κ2) is 9.51. The molecule has 0 aliphatic heterocycles. The Morgan fingerprint density at radius 3 is 2.65 bits per heavy atom. The van der Waals surface area contributed by atoms with Crippen LogP contribution >= 0.6 is 0 Å². The summed E-state index contributed by atoms with van der Waals surface area (Å²) >= 11 is 0. The molecular formula is C20H20F4N8O2. The van der Waals surface area contributed by atoms with Gasteiger partial charge in [0.1, 0.15) is 17.4 Å². The molecule has 0 amide bonds. The number of anilines is 3. The Balaban J connectivity index is 1.73. The predicted octanol–water partition coefficient (Wildman–Crippen LogP) is 3.68. The van der Waals surface area contributed by atoms with Crippen molar-refractivity contribution in [2.45, 2.75) is 13.5 Å². The van der Waals surface area contributed by atoms with Gasteiger partial charge in [0.15, 0.2) is 11.5 Å². The summed E-state index contributed by atoms with van der Waals surface area (Å²) in [6.07, 6.45) is 1.47. The molecule has 2 N–H and O–H groups in total. The number of aromatic nitrogens is 5. The zero-order chi connectivity index (χ0) is 24.4. The van der Waals surface area contributed by atoms with Crippen molar-refractivity contribution in [1.82, 2.24) is 29.7 Å². The highest BCUT2D eigenvalue weighted by atomic mass is 19.3. The minimum atomic E-state index is -3.11. The van der Waals surface area contributed by atoms with Crippen LogP contribution < -0.4 is 15.4 Å². The zero-order valence-electron chi connectivity index (χ0n) is 18.3. The largest absolute Gasteiger partial charge is 0.435 e. The lowest BCUT2D eigenvalue weighted by molar-refractivity contribution is -0.0499. The Morgan fingerprint density at radius 2 is 1.94 bits per heavy atom. The number of aryl methyl sites for hydroxylation is 1. The molecule has 0 spiro atoms. The number of alkyl halides is 2. The monoisotopic (exact) mass is 480 g/mol. The van der Waals surface area contributed by atoms with Crippen LogP contribution in [0.5, 0.6) is 5.75 Å². The van der Waals surface area contributed by atoms with Gasteiger partial charge in [0.05, 0.1) is 16.9 Å². The molecule has 0 radical (unpaired) electrons. The Bertz CT molecular complexity index is 1310. The molecule has 0 bridgehead atoms. The fourth-order valence-corrected chi connectivity index (χ4v) is 3.08. The number of pyridine rings is 1. The predicted molar refractivity (Wildman–Crippen MR) is 114 cm³/mol. The maximum Gasteiger partial charge on any atom is 0.387 e. The van der Waals surface area contributed by atoms with E-state index in [0.29, 0.717) is 18.9 Å². The molecule has 0 fully saturated rings. The Kier molecular flexibility index (Phi) is 6.49. The summed E-state index contributed by atoms with van der Waals surface area (Å²) in [4.78, 5) is 1.95. The lowest BCUT2D eigenvalue weighted by Crippen LogP contribution is -2.20. The highest BCUT2D eigenvalue weighted by Crippen LogP contribution is 2.35. The van der Waals surface area contributed by atoms with Crippen molar-refractivity contribution in [2.24, 2.45) is 0 Å². The average molecular weight is 480 g/mol. The number of benzene rings is 1. The molecule has 4 aromatic rings. The number of rotatable bonds is 9. The summed E-state index contributed by atoms with van der Waals surface area (Å²) in [5.41, 5.74) is -0.435. The lowest BCUT2D eigenvalue weighted by Gasteiger charge is -2.14. The van der Waals surface area contributed by atoms with E-state index in [-0.39, 0.29) is 40.2 Å². The van der Waals surface area contributed by atoms with Crippen molar-refractivity contribution in [3.8, 4) is 17.2 Å². The molecule has 4 rings (SSSR count). The van der Waals surface area contributed by atoms with Crippen molar-refractivity contribution in [1.29, 1.82) is 0 Å². The Morgan fingerprint density at radius 1 is 1.15 bits per heavy atom. The van der Waals surface area contributed by atoms with E-state index in [0.717, 1.165) is 18.2 Å². The number of halogens is 4. The molecule has 0 aliphatic carbocycles. The summed E-state index contributed by atoms with van der Waals surface area (Å²) in [7, 11) is 3.81. The van der Waals surface area contributed by atoms with E-state index >= 15 is 4.39 Å². The van der Waals surface area contributed by atoms with E-state index in [2.05, 4.69) is 35.8 Å². The first-order chi connectivity index (χ1) is 16.2. The van der Waals surface area contributed by atoms with E-state index in [4.69, 9.17) is 4.42 Å². The van der Waals surface area contributed by atoms with Gasteiger partial charge in [-0.15, -0.1) is 15.3 Å². The number of likely N-dealkylation sites (N-methyl/N-ethyl adjacent to an activating group) is 1. The van der Waals surface area contributed by atoms with Crippen LogP contribution in [0, 0.1) is 18.6 Å². The minimum Gasteiger partial charge on any atom is -0.435 e. The van der Waals surface area contributed by atoms with Crippen LogP contribution in [0.3, 0.4) is 0 Å². The molecule has 0 saturated heterocycles. The molecule has 1 aromatic carbocycles. The highest BCUT2D eigenvalue weighted by Gasteiger charge is 2.23. The van der Waals surface area contributed by atoms with E-state index in [1.54, 1.807) is 6.92 Å². The van der Waals surface area contributed by atoms with E-state index in [1.165, 1.54) is 10.6 Å². The first-order valence-corrected chi connectivity index (χ1v) is 10.0. The van der Waals surface area contributed by atoms with Crippen LogP contribution in [0.15, 0.2) is 28.8 Å². The molecule has 180 valence electrons. The van der Waals surface area contributed by atoms with Gasteiger partial charge in [0.25, 0.3) is 5.89 Å². The smallest absolute Gasteiger partial charge is 0.387 e. The summed E-state index contributed by atoms with van der Waals surface area (Å²) < 4.78 is 66.0. The average Bonchev–Trinajstić information content (AvgIpc) is 3.38. The third-order valence-corrected chi connectivity index (χ3v) is 4.73. The maximum absolute atomic E-state index is 15.5. The Hall–Kier alpha value is -3.94. The fourth-order valence-electron chi connectivity index (χ4n) is 3.08. The minimum absolute atomic E-state index is 0.0539. The summed E-state index contributed by atoms with van der Waals surface area (Å²) in [5, 5.41) is 21.1. The van der Waals surface area contributed by atoms with Crippen molar-refractivity contribution < 1.29 is 26.7 Å². The third kappa shape index (κ3) is 4.85. The zero-order valence-corrected chi connectivity index (χ0v) is 18.3. The van der Waals surface area contributed by atoms with Gasteiger partial charge >= 0.3 is 12.6 Å². The van der Waals surface area contributed by atoms with E-state index < -0.39 is 18.2 Å². The number of fused-ring (bicyclic) bond motifs is 1. The van der Waals surface area contributed by atoms with Gasteiger partial charge in [-0.2, -0.15) is 8.78 Å². The van der Waals surface area contributed by atoms with Crippen LogP contribution in [0.1, 0.15) is 5.82 Å². The quantitative estimate of drug-likeness (QED) is 0.347. The third-order valence-electron chi connectivity index (χ3n) is 4.73. The van der Waals surface area contributed by atoms with Gasteiger partial charge in [-0.3, -0.25) is 4.40 Å². The normalized spacial score (nSPS) is 11.6. The molecule has 3 aromatic heterocycles. The number of hydrogen-bond acceptors (Lipinski definition) is 9. The van der Waals surface area contributed by atoms with Gasteiger partial charge in [0.2, 0.25) is 0 Å². The summed E-state index contributed by atoms with van der Waals surface area (Å²) in [5.74, 6) is -1.84. The van der Waals surface area contributed by atoms with Gasteiger partial charge in [-0.1, -0.05) is 5.10 Å². The second-order valence-corrected chi connectivity index (χ2v) is 7.46. The summed E-state index contributed by atoms with van der Waals surface area (Å²) in [6.45, 7) is -0.260.